The predicted molar refractivity (Wildman–Crippen MR) is 89.8 cm³/mol. The molecule has 1 aromatic rings. The Morgan fingerprint density at radius 1 is 1.29 bits per heavy atom. The number of piperidine rings is 1. The molecule has 0 spiro atoms. The van der Waals surface area contributed by atoms with E-state index >= 15 is 0 Å². The Kier molecular flexibility index (Phi) is 6.72. The van der Waals surface area contributed by atoms with Gasteiger partial charge in [-0.2, -0.15) is 0 Å². The third-order valence-corrected chi connectivity index (χ3v) is 6.32. The van der Waals surface area contributed by atoms with Crippen LogP contribution >= 0.6 is 12.4 Å². The van der Waals surface area contributed by atoms with E-state index in [0.29, 0.717) is 13.1 Å². The number of sulfone groups is 1. The van der Waals surface area contributed by atoms with Gasteiger partial charge < -0.3 is 10.6 Å². The molecule has 1 amide bonds. The van der Waals surface area contributed by atoms with Crippen LogP contribution < -0.4 is 10.6 Å². The summed E-state index contributed by atoms with van der Waals surface area (Å²) in [7, 11) is -3.64. The monoisotopic (exact) mass is 382 g/mol. The van der Waals surface area contributed by atoms with Gasteiger partial charge in [-0.1, -0.05) is 6.07 Å². The number of nitrogens with one attached hydrogen (secondary N) is 2. The summed E-state index contributed by atoms with van der Waals surface area (Å²) in [5, 5.41) is 5.59. The van der Waals surface area contributed by atoms with Crippen molar-refractivity contribution in [2.75, 3.05) is 19.3 Å². The highest BCUT2D eigenvalue weighted by molar-refractivity contribution is 7.92. The fourth-order valence-corrected chi connectivity index (χ4v) is 4.20. The first-order valence-corrected chi connectivity index (χ1v) is 9.23. The summed E-state index contributed by atoms with van der Waals surface area (Å²) >= 11 is 0. The molecule has 1 aromatic carbocycles. The van der Waals surface area contributed by atoms with E-state index in [1.54, 1.807) is 0 Å². The summed E-state index contributed by atoms with van der Waals surface area (Å²) in [5.74, 6) is -2.13. The van der Waals surface area contributed by atoms with Crippen LogP contribution in [-0.4, -0.2) is 38.4 Å². The Balaban J connectivity index is 0.00000288. The molecule has 1 saturated heterocycles. The van der Waals surface area contributed by atoms with Crippen molar-refractivity contribution in [2.24, 2.45) is 0 Å². The first-order valence-electron chi connectivity index (χ1n) is 7.33. The van der Waals surface area contributed by atoms with Crippen molar-refractivity contribution in [3.8, 4) is 0 Å². The van der Waals surface area contributed by atoms with Gasteiger partial charge in [-0.05, 0) is 38.9 Å². The van der Waals surface area contributed by atoms with E-state index in [1.165, 1.54) is 13.0 Å². The molecule has 1 unspecified atom stereocenters. The normalized spacial score (nSPS) is 18.3. The molecule has 0 saturated carbocycles. The van der Waals surface area contributed by atoms with Crippen LogP contribution in [0.1, 0.15) is 31.4 Å². The summed E-state index contributed by atoms with van der Waals surface area (Å²) in [5.41, 5.74) is 0.109. The Bertz CT molecular complexity index is 707. The molecule has 5 nitrogen and oxygen atoms in total. The second-order valence-corrected chi connectivity index (χ2v) is 8.20. The Hall–Kier alpha value is -1.25. The topological polar surface area (TPSA) is 75.3 Å². The van der Waals surface area contributed by atoms with Gasteiger partial charge in [0.2, 0.25) is 5.91 Å². The van der Waals surface area contributed by atoms with E-state index in [4.69, 9.17) is 0 Å². The van der Waals surface area contributed by atoms with Crippen molar-refractivity contribution in [2.45, 2.75) is 30.6 Å². The van der Waals surface area contributed by atoms with Crippen LogP contribution in [0.25, 0.3) is 0 Å². The van der Waals surface area contributed by atoms with Crippen molar-refractivity contribution in [3.63, 3.8) is 0 Å². The average Bonchev–Trinajstić information content (AvgIpc) is 2.46. The fourth-order valence-electron chi connectivity index (χ4n) is 2.86. The number of halogens is 3. The van der Waals surface area contributed by atoms with E-state index in [1.807, 2.05) is 0 Å². The van der Waals surface area contributed by atoms with Crippen LogP contribution in [0.4, 0.5) is 8.78 Å². The van der Waals surface area contributed by atoms with E-state index in [0.717, 1.165) is 18.4 Å². The van der Waals surface area contributed by atoms with Crippen LogP contribution in [0.2, 0.25) is 0 Å². The summed E-state index contributed by atoms with van der Waals surface area (Å²) in [4.78, 5) is 12.6. The molecule has 1 heterocycles. The second kappa shape index (κ2) is 7.76. The Labute approximate surface area is 146 Å². The van der Waals surface area contributed by atoms with Gasteiger partial charge in [0, 0.05) is 17.9 Å². The lowest BCUT2D eigenvalue weighted by Crippen LogP contribution is -2.57. The van der Waals surface area contributed by atoms with Crippen LogP contribution in [0, 0.1) is 11.6 Å². The van der Waals surface area contributed by atoms with Gasteiger partial charge in [0.25, 0.3) is 0 Å². The van der Waals surface area contributed by atoms with Crippen molar-refractivity contribution in [1.82, 2.24) is 10.6 Å². The number of hydrogen-bond donors (Lipinski definition) is 2. The largest absolute Gasteiger partial charge is 0.348 e. The lowest BCUT2D eigenvalue weighted by atomic mass is 9.95. The zero-order valence-corrected chi connectivity index (χ0v) is 15.1. The summed E-state index contributed by atoms with van der Waals surface area (Å²) < 4.78 is 49.6. The number of carbonyl (C=O) groups excluding carboxylic acids is 1. The Morgan fingerprint density at radius 3 is 2.38 bits per heavy atom. The van der Waals surface area contributed by atoms with E-state index < -0.39 is 38.2 Å². The predicted octanol–water partition coefficient (Wildman–Crippen LogP) is 1.73. The van der Waals surface area contributed by atoms with Gasteiger partial charge in [0.05, 0.1) is 6.04 Å². The second-order valence-electron chi connectivity index (χ2n) is 5.88. The molecule has 0 radical (unpaired) electrons. The zero-order valence-electron chi connectivity index (χ0n) is 13.4. The highest BCUT2D eigenvalue weighted by atomic mass is 35.5. The molecule has 136 valence electrons. The fraction of sp³-hybridized carbons (Fsp3) is 0.533. The van der Waals surface area contributed by atoms with Gasteiger partial charge in [0.15, 0.2) is 14.6 Å². The number of rotatable bonds is 4. The van der Waals surface area contributed by atoms with Gasteiger partial charge >= 0.3 is 0 Å². The number of amides is 1. The highest BCUT2D eigenvalue weighted by Gasteiger charge is 2.48. The molecule has 2 rings (SSSR count). The van der Waals surface area contributed by atoms with Crippen molar-refractivity contribution < 1.29 is 22.0 Å². The average molecular weight is 383 g/mol. The van der Waals surface area contributed by atoms with E-state index in [2.05, 4.69) is 10.6 Å². The quantitative estimate of drug-likeness (QED) is 0.831. The maximum Gasteiger partial charge on any atom is 0.242 e. The minimum Gasteiger partial charge on any atom is -0.348 e. The van der Waals surface area contributed by atoms with Crippen LogP contribution in [0.3, 0.4) is 0 Å². The third kappa shape index (κ3) is 4.04. The Morgan fingerprint density at radius 2 is 1.88 bits per heavy atom. The van der Waals surface area contributed by atoms with Gasteiger partial charge in [-0.15, -0.1) is 12.4 Å². The number of benzene rings is 1. The lowest BCUT2D eigenvalue weighted by Gasteiger charge is -2.35. The maximum atomic E-state index is 13.8. The molecule has 9 heteroatoms. The van der Waals surface area contributed by atoms with Gasteiger partial charge in [0.1, 0.15) is 11.6 Å². The molecule has 2 N–H and O–H groups in total. The minimum absolute atomic E-state index is 0. The van der Waals surface area contributed by atoms with Crippen LogP contribution in [0.15, 0.2) is 18.2 Å². The van der Waals surface area contributed by atoms with E-state index in [9.17, 15) is 22.0 Å². The van der Waals surface area contributed by atoms with Crippen molar-refractivity contribution >= 4 is 28.2 Å². The minimum atomic E-state index is -3.64. The molecule has 1 atom stereocenters. The van der Waals surface area contributed by atoms with E-state index in [-0.39, 0.29) is 30.8 Å². The molecule has 1 aliphatic rings. The molecular formula is C15H21ClF2N2O3S. The van der Waals surface area contributed by atoms with Crippen molar-refractivity contribution in [3.05, 3.63) is 35.4 Å². The molecule has 24 heavy (non-hydrogen) atoms. The first kappa shape index (κ1) is 20.8. The standard InChI is InChI=1S/C15H20F2N2O3S.ClH/c1-10(12-4-3-11(16)9-13(12)17)19-14(20)15(23(2,21)22)5-7-18-8-6-15;/h3-4,9-10,18H,5-8H2,1-2H3,(H,19,20);1H. The first-order chi connectivity index (χ1) is 10.7. The van der Waals surface area contributed by atoms with Gasteiger partial charge in [-0.3, -0.25) is 4.79 Å². The van der Waals surface area contributed by atoms with Crippen molar-refractivity contribution in [1.29, 1.82) is 0 Å². The molecule has 0 bridgehead atoms. The van der Waals surface area contributed by atoms with Crippen LogP contribution in [0.5, 0.6) is 0 Å². The molecule has 0 aromatic heterocycles. The SMILES string of the molecule is CC(NC(=O)C1(S(C)(=O)=O)CCNCC1)c1ccc(F)cc1F.Cl. The maximum absolute atomic E-state index is 13.8. The summed E-state index contributed by atoms with van der Waals surface area (Å²) in [6, 6.07) is 2.30. The molecule has 0 aliphatic carbocycles. The smallest absolute Gasteiger partial charge is 0.242 e. The molecular weight excluding hydrogens is 362 g/mol. The lowest BCUT2D eigenvalue weighted by molar-refractivity contribution is -0.125. The summed E-state index contributed by atoms with van der Waals surface area (Å²) in [6.07, 6.45) is 1.37. The molecule has 1 aliphatic heterocycles. The molecule has 1 fully saturated rings. The summed E-state index contributed by atoms with van der Waals surface area (Å²) in [6.45, 7) is 2.37. The highest BCUT2D eigenvalue weighted by Crippen LogP contribution is 2.29. The zero-order chi connectivity index (χ0) is 17.3. The number of hydrogen-bond acceptors (Lipinski definition) is 4. The van der Waals surface area contributed by atoms with Gasteiger partial charge in [-0.25, -0.2) is 17.2 Å². The number of carbonyl (C=O) groups is 1. The third-order valence-electron chi connectivity index (χ3n) is 4.31. The van der Waals surface area contributed by atoms with Crippen LogP contribution in [-0.2, 0) is 14.6 Å².